The molecule has 1 N–H and O–H groups in total. The molecule has 2 rings (SSSR count). The van der Waals surface area contributed by atoms with Crippen molar-refractivity contribution in [1.29, 1.82) is 0 Å². The van der Waals surface area contributed by atoms with Crippen molar-refractivity contribution in [2.75, 3.05) is 6.61 Å². The minimum atomic E-state index is 0.0712. The maximum Gasteiger partial charge on any atom is 0.224 e. The average molecular weight is 247 g/mol. The van der Waals surface area contributed by atoms with Crippen LogP contribution in [-0.4, -0.2) is 24.7 Å². The van der Waals surface area contributed by atoms with Crippen LogP contribution >= 0.6 is 0 Å². The number of ether oxygens (including phenoxy) is 1. The molecule has 1 aliphatic heterocycles. The topological polar surface area (TPSA) is 38.3 Å². The monoisotopic (exact) mass is 247 g/mol. The Morgan fingerprint density at radius 1 is 1.44 bits per heavy atom. The molecule has 0 bridgehead atoms. The molecule has 0 aliphatic carbocycles. The molecule has 3 nitrogen and oxygen atoms in total. The SMILES string of the molecule is Cc1ccc(CC(=O)N[C@@H](C)[C@H]2CCCO2)cc1. The third kappa shape index (κ3) is 3.57. The molecule has 2 atom stereocenters. The predicted octanol–water partition coefficient (Wildman–Crippen LogP) is 2.22. The Morgan fingerprint density at radius 2 is 2.17 bits per heavy atom. The third-order valence-corrected chi connectivity index (χ3v) is 3.40. The Bertz CT molecular complexity index is 393. The lowest BCUT2D eigenvalue weighted by Gasteiger charge is -2.20. The molecule has 1 fully saturated rings. The van der Waals surface area contributed by atoms with E-state index >= 15 is 0 Å². The zero-order valence-corrected chi connectivity index (χ0v) is 11.1. The van der Waals surface area contributed by atoms with Gasteiger partial charge >= 0.3 is 0 Å². The van der Waals surface area contributed by atoms with Gasteiger partial charge in [0.1, 0.15) is 0 Å². The summed E-state index contributed by atoms with van der Waals surface area (Å²) < 4.78 is 5.57. The van der Waals surface area contributed by atoms with E-state index in [1.807, 2.05) is 38.1 Å². The van der Waals surface area contributed by atoms with Gasteiger partial charge in [-0.25, -0.2) is 0 Å². The molecule has 0 spiro atoms. The van der Waals surface area contributed by atoms with Gasteiger partial charge in [-0.1, -0.05) is 29.8 Å². The van der Waals surface area contributed by atoms with E-state index in [0.29, 0.717) is 6.42 Å². The van der Waals surface area contributed by atoms with Gasteiger partial charge in [0.15, 0.2) is 0 Å². The van der Waals surface area contributed by atoms with Crippen LogP contribution in [0.3, 0.4) is 0 Å². The van der Waals surface area contributed by atoms with Crippen molar-refractivity contribution in [3.8, 4) is 0 Å². The first-order valence-corrected chi connectivity index (χ1v) is 6.61. The molecule has 1 aliphatic rings. The van der Waals surface area contributed by atoms with Crippen LogP contribution in [-0.2, 0) is 16.0 Å². The standard InChI is InChI=1S/C15H21NO2/c1-11-5-7-13(8-6-11)10-15(17)16-12(2)14-4-3-9-18-14/h5-8,12,14H,3-4,9-10H2,1-2H3,(H,16,17)/t12-,14+/m0/s1. The predicted molar refractivity (Wildman–Crippen MR) is 71.5 cm³/mol. The van der Waals surface area contributed by atoms with Crippen LogP contribution in [0.2, 0.25) is 0 Å². The van der Waals surface area contributed by atoms with Crippen molar-refractivity contribution in [2.45, 2.75) is 45.3 Å². The number of aryl methyl sites for hydroxylation is 1. The first kappa shape index (κ1) is 13.1. The number of amides is 1. The average Bonchev–Trinajstić information content (AvgIpc) is 2.85. The minimum absolute atomic E-state index is 0.0712. The number of benzene rings is 1. The zero-order valence-electron chi connectivity index (χ0n) is 11.1. The maximum absolute atomic E-state index is 11.9. The third-order valence-electron chi connectivity index (χ3n) is 3.40. The highest BCUT2D eigenvalue weighted by molar-refractivity contribution is 5.78. The number of hydrogen-bond donors (Lipinski definition) is 1. The largest absolute Gasteiger partial charge is 0.376 e. The summed E-state index contributed by atoms with van der Waals surface area (Å²) in [6.45, 7) is 4.88. The van der Waals surface area contributed by atoms with Crippen molar-refractivity contribution in [3.05, 3.63) is 35.4 Å². The van der Waals surface area contributed by atoms with E-state index in [4.69, 9.17) is 4.74 Å². The van der Waals surface area contributed by atoms with Gasteiger partial charge in [-0.3, -0.25) is 4.79 Å². The Morgan fingerprint density at radius 3 is 2.78 bits per heavy atom. The summed E-state index contributed by atoms with van der Waals surface area (Å²) in [4.78, 5) is 11.9. The lowest BCUT2D eigenvalue weighted by Crippen LogP contribution is -2.41. The molecule has 0 radical (unpaired) electrons. The van der Waals surface area contributed by atoms with Crippen molar-refractivity contribution in [3.63, 3.8) is 0 Å². The van der Waals surface area contributed by atoms with Gasteiger partial charge in [0, 0.05) is 6.61 Å². The summed E-state index contributed by atoms with van der Waals surface area (Å²) >= 11 is 0. The molecule has 3 heteroatoms. The number of carbonyl (C=O) groups is 1. The normalized spacial score (nSPS) is 20.7. The van der Waals surface area contributed by atoms with Crippen LogP contribution in [0.4, 0.5) is 0 Å². The van der Waals surface area contributed by atoms with Crippen LogP contribution in [0, 0.1) is 6.92 Å². The van der Waals surface area contributed by atoms with Gasteiger partial charge in [0.2, 0.25) is 5.91 Å². The summed E-state index contributed by atoms with van der Waals surface area (Å²) in [5.41, 5.74) is 2.27. The number of nitrogens with one attached hydrogen (secondary N) is 1. The van der Waals surface area contributed by atoms with Crippen LogP contribution in [0.1, 0.15) is 30.9 Å². The van der Waals surface area contributed by atoms with Crippen LogP contribution in [0.5, 0.6) is 0 Å². The molecule has 1 saturated heterocycles. The van der Waals surface area contributed by atoms with E-state index in [9.17, 15) is 4.79 Å². The Labute approximate surface area is 109 Å². The van der Waals surface area contributed by atoms with Crippen molar-refractivity contribution in [2.24, 2.45) is 0 Å². The van der Waals surface area contributed by atoms with E-state index in [1.165, 1.54) is 5.56 Å². The van der Waals surface area contributed by atoms with Gasteiger partial charge in [-0.15, -0.1) is 0 Å². The summed E-state index contributed by atoms with van der Waals surface area (Å²) in [5, 5.41) is 3.02. The van der Waals surface area contributed by atoms with Gasteiger partial charge in [-0.05, 0) is 32.3 Å². The smallest absolute Gasteiger partial charge is 0.224 e. The van der Waals surface area contributed by atoms with Crippen molar-refractivity contribution in [1.82, 2.24) is 5.32 Å². The minimum Gasteiger partial charge on any atom is -0.376 e. The second-order valence-electron chi connectivity index (χ2n) is 5.07. The molecular weight excluding hydrogens is 226 g/mol. The highest BCUT2D eigenvalue weighted by Gasteiger charge is 2.23. The first-order valence-electron chi connectivity index (χ1n) is 6.61. The fourth-order valence-electron chi connectivity index (χ4n) is 2.29. The van der Waals surface area contributed by atoms with Crippen molar-refractivity contribution < 1.29 is 9.53 Å². The number of rotatable bonds is 4. The molecule has 1 heterocycles. The summed E-state index contributed by atoms with van der Waals surface area (Å²) in [6.07, 6.45) is 2.78. The second-order valence-corrected chi connectivity index (χ2v) is 5.07. The highest BCUT2D eigenvalue weighted by Crippen LogP contribution is 2.15. The van der Waals surface area contributed by atoms with E-state index in [2.05, 4.69) is 5.32 Å². The molecule has 0 saturated carbocycles. The van der Waals surface area contributed by atoms with E-state index in [1.54, 1.807) is 0 Å². The van der Waals surface area contributed by atoms with E-state index in [0.717, 1.165) is 25.0 Å². The van der Waals surface area contributed by atoms with Crippen molar-refractivity contribution >= 4 is 5.91 Å². The Balaban J connectivity index is 1.82. The molecule has 0 unspecified atom stereocenters. The van der Waals surface area contributed by atoms with Gasteiger partial charge < -0.3 is 10.1 Å². The lowest BCUT2D eigenvalue weighted by molar-refractivity contribution is -0.121. The Hall–Kier alpha value is -1.35. The lowest BCUT2D eigenvalue weighted by atomic mass is 10.1. The molecule has 1 aromatic carbocycles. The molecule has 98 valence electrons. The summed E-state index contributed by atoms with van der Waals surface area (Å²) in [6, 6.07) is 8.18. The highest BCUT2D eigenvalue weighted by atomic mass is 16.5. The van der Waals surface area contributed by atoms with Crippen LogP contribution in [0.25, 0.3) is 0 Å². The number of hydrogen-bond acceptors (Lipinski definition) is 2. The molecular formula is C15H21NO2. The fraction of sp³-hybridized carbons (Fsp3) is 0.533. The van der Waals surface area contributed by atoms with Crippen LogP contribution < -0.4 is 5.32 Å². The quantitative estimate of drug-likeness (QED) is 0.886. The Kier molecular flexibility index (Phi) is 4.37. The van der Waals surface area contributed by atoms with E-state index in [-0.39, 0.29) is 18.1 Å². The van der Waals surface area contributed by atoms with E-state index < -0.39 is 0 Å². The van der Waals surface area contributed by atoms with Gasteiger partial charge in [-0.2, -0.15) is 0 Å². The van der Waals surface area contributed by atoms with Gasteiger partial charge in [0.05, 0.1) is 18.6 Å². The first-order chi connectivity index (χ1) is 8.65. The fourth-order valence-corrected chi connectivity index (χ4v) is 2.29. The molecule has 18 heavy (non-hydrogen) atoms. The molecule has 1 aromatic rings. The maximum atomic E-state index is 11.9. The summed E-state index contributed by atoms with van der Waals surface area (Å²) in [5.74, 6) is 0.0712. The zero-order chi connectivity index (χ0) is 13.0. The van der Waals surface area contributed by atoms with Gasteiger partial charge in [0.25, 0.3) is 0 Å². The molecule has 0 aromatic heterocycles. The summed E-state index contributed by atoms with van der Waals surface area (Å²) in [7, 11) is 0. The number of carbonyl (C=O) groups excluding carboxylic acids is 1. The second kappa shape index (κ2) is 6.01. The molecule has 1 amide bonds. The van der Waals surface area contributed by atoms with Crippen LogP contribution in [0.15, 0.2) is 24.3 Å².